The first-order valence-corrected chi connectivity index (χ1v) is 9.96. The summed E-state index contributed by atoms with van der Waals surface area (Å²) in [6, 6.07) is 14.9. The molecular formula is C23H29FN2O3. The molecule has 0 spiro atoms. The predicted molar refractivity (Wildman–Crippen MR) is 111 cm³/mol. The van der Waals surface area contributed by atoms with Crippen LogP contribution in [0.1, 0.15) is 31.4 Å². The molecule has 29 heavy (non-hydrogen) atoms. The Kier molecular flexibility index (Phi) is 6.75. The third kappa shape index (κ3) is 6.19. The van der Waals surface area contributed by atoms with Crippen LogP contribution in [0.15, 0.2) is 48.5 Å². The fraction of sp³-hybridized carbons (Fsp3) is 0.435. The Morgan fingerprint density at radius 1 is 1.24 bits per heavy atom. The van der Waals surface area contributed by atoms with Crippen LogP contribution < -0.4 is 10.6 Å². The Morgan fingerprint density at radius 2 is 2.00 bits per heavy atom. The average Bonchev–Trinajstić information content (AvgIpc) is 3.03. The minimum Gasteiger partial charge on any atom is -0.444 e. The number of benzene rings is 2. The number of halogens is 1. The number of primary amides is 1. The summed E-state index contributed by atoms with van der Waals surface area (Å²) < 4.78 is 24.8. The molecule has 3 rings (SSSR count). The van der Waals surface area contributed by atoms with Crippen molar-refractivity contribution < 1.29 is 18.7 Å². The van der Waals surface area contributed by atoms with Gasteiger partial charge >= 0.3 is 6.09 Å². The number of fused-ring (bicyclic) bond motifs is 1. The van der Waals surface area contributed by atoms with Crippen LogP contribution in [0.25, 0.3) is 0 Å². The lowest BCUT2D eigenvalue weighted by Crippen LogP contribution is -2.38. The minimum atomic E-state index is -0.777. The first-order chi connectivity index (χ1) is 13.8. The molecule has 0 aliphatic carbocycles. The van der Waals surface area contributed by atoms with Gasteiger partial charge in [0.2, 0.25) is 0 Å². The van der Waals surface area contributed by atoms with E-state index in [4.69, 9.17) is 15.2 Å². The van der Waals surface area contributed by atoms with Crippen molar-refractivity contribution in [3.05, 3.63) is 65.5 Å². The maximum atomic E-state index is 13.5. The Labute approximate surface area is 171 Å². The van der Waals surface area contributed by atoms with Gasteiger partial charge in [-0.25, -0.2) is 9.18 Å². The molecule has 2 N–H and O–H groups in total. The van der Waals surface area contributed by atoms with E-state index in [9.17, 15) is 9.18 Å². The van der Waals surface area contributed by atoms with Crippen LogP contribution in [0.3, 0.4) is 0 Å². The SMILES string of the molecule is CC(C)(C[C@@H](COCc1ccccc1)CN1CCc2cc(F)ccc21)OC(N)=O. The van der Waals surface area contributed by atoms with Crippen LogP contribution in [0.4, 0.5) is 14.9 Å². The number of carbonyl (C=O) groups excluding carboxylic acids is 1. The van der Waals surface area contributed by atoms with Crippen LogP contribution in [-0.4, -0.2) is 31.4 Å². The zero-order valence-electron chi connectivity index (χ0n) is 17.1. The molecule has 2 aromatic rings. The normalized spacial score (nSPS) is 14.5. The molecule has 0 saturated carbocycles. The van der Waals surface area contributed by atoms with E-state index in [0.29, 0.717) is 19.6 Å². The van der Waals surface area contributed by atoms with Gasteiger partial charge in [0.15, 0.2) is 0 Å². The van der Waals surface area contributed by atoms with Gasteiger partial charge in [-0.1, -0.05) is 30.3 Å². The maximum absolute atomic E-state index is 13.5. The zero-order valence-corrected chi connectivity index (χ0v) is 17.1. The van der Waals surface area contributed by atoms with Crippen molar-refractivity contribution in [1.82, 2.24) is 0 Å². The number of hydrogen-bond acceptors (Lipinski definition) is 4. The summed E-state index contributed by atoms with van der Waals surface area (Å²) >= 11 is 0. The van der Waals surface area contributed by atoms with Crippen molar-refractivity contribution in [3.63, 3.8) is 0 Å². The number of hydrogen-bond donors (Lipinski definition) is 1. The van der Waals surface area contributed by atoms with Gasteiger partial charge in [0.05, 0.1) is 13.2 Å². The number of amides is 1. The highest BCUT2D eigenvalue weighted by Gasteiger charge is 2.30. The van der Waals surface area contributed by atoms with Gasteiger partial charge in [0.1, 0.15) is 11.4 Å². The summed E-state index contributed by atoms with van der Waals surface area (Å²) in [7, 11) is 0. The lowest BCUT2D eigenvalue weighted by atomic mass is 9.93. The van der Waals surface area contributed by atoms with Gasteiger partial charge in [0, 0.05) is 24.7 Å². The molecule has 1 amide bonds. The van der Waals surface area contributed by atoms with Crippen molar-refractivity contribution in [2.24, 2.45) is 11.7 Å². The van der Waals surface area contributed by atoms with Gasteiger partial charge in [-0.05, 0) is 56.0 Å². The summed E-state index contributed by atoms with van der Waals surface area (Å²) in [5, 5.41) is 0. The highest BCUT2D eigenvalue weighted by Crippen LogP contribution is 2.31. The molecule has 2 aromatic carbocycles. The fourth-order valence-corrected chi connectivity index (χ4v) is 4.04. The Bertz CT molecular complexity index is 826. The lowest BCUT2D eigenvalue weighted by Gasteiger charge is -2.32. The first-order valence-electron chi connectivity index (χ1n) is 9.96. The van der Waals surface area contributed by atoms with Crippen LogP contribution in [-0.2, 0) is 22.5 Å². The second kappa shape index (κ2) is 9.27. The number of ether oxygens (including phenoxy) is 2. The standard InChI is InChI=1S/C23H29FN2O3/c1-23(2,29-22(25)27)13-18(16-28-15-17-6-4-3-5-7-17)14-26-11-10-19-12-20(24)8-9-21(19)26/h3-9,12,18H,10-11,13-16H2,1-2H3,(H2,25,27)/t18-/m1/s1. The average molecular weight is 400 g/mol. The van der Waals surface area contributed by atoms with Gasteiger partial charge in [-0.3, -0.25) is 0 Å². The maximum Gasteiger partial charge on any atom is 0.405 e. The second-order valence-electron chi connectivity index (χ2n) is 8.22. The highest BCUT2D eigenvalue weighted by molar-refractivity contribution is 5.65. The van der Waals surface area contributed by atoms with E-state index < -0.39 is 11.7 Å². The fourth-order valence-electron chi connectivity index (χ4n) is 4.04. The predicted octanol–water partition coefficient (Wildman–Crippen LogP) is 4.29. The quantitative estimate of drug-likeness (QED) is 0.682. The van der Waals surface area contributed by atoms with Crippen molar-refractivity contribution in [2.45, 2.75) is 38.9 Å². The molecule has 0 aromatic heterocycles. The molecule has 0 saturated heterocycles. The number of nitrogens with zero attached hydrogens (tertiary/aromatic N) is 1. The molecule has 1 heterocycles. The van der Waals surface area contributed by atoms with Crippen LogP contribution in [0.2, 0.25) is 0 Å². The van der Waals surface area contributed by atoms with Gasteiger partial charge in [-0.2, -0.15) is 0 Å². The Morgan fingerprint density at radius 3 is 2.72 bits per heavy atom. The molecule has 5 nitrogen and oxygen atoms in total. The third-order valence-corrected chi connectivity index (χ3v) is 5.13. The highest BCUT2D eigenvalue weighted by atomic mass is 19.1. The van der Waals surface area contributed by atoms with Crippen molar-refractivity contribution >= 4 is 11.8 Å². The van der Waals surface area contributed by atoms with E-state index >= 15 is 0 Å². The Balaban J connectivity index is 1.66. The molecular weight excluding hydrogens is 371 g/mol. The Hall–Kier alpha value is -2.60. The van der Waals surface area contributed by atoms with Crippen molar-refractivity contribution in [1.29, 1.82) is 0 Å². The van der Waals surface area contributed by atoms with Crippen LogP contribution in [0.5, 0.6) is 0 Å². The van der Waals surface area contributed by atoms with Crippen molar-refractivity contribution in [3.8, 4) is 0 Å². The summed E-state index contributed by atoms with van der Waals surface area (Å²) in [6.07, 6.45) is 0.657. The molecule has 0 fully saturated rings. The topological polar surface area (TPSA) is 64.8 Å². The second-order valence-corrected chi connectivity index (χ2v) is 8.22. The monoisotopic (exact) mass is 400 g/mol. The molecule has 0 unspecified atom stereocenters. The van der Waals surface area contributed by atoms with E-state index in [1.165, 1.54) is 6.07 Å². The molecule has 0 bridgehead atoms. The molecule has 1 aliphatic rings. The molecule has 0 radical (unpaired) electrons. The molecule has 1 atom stereocenters. The molecule has 6 heteroatoms. The largest absolute Gasteiger partial charge is 0.444 e. The van der Waals surface area contributed by atoms with Gasteiger partial charge in [-0.15, -0.1) is 0 Å². The molecule has 156 valence electrons. The lowest BCUT2D eigenvalue weighted by molar-refractivity contribution is 0.00692. The third-order valence-electron chi connectivity index (χ3n) is 5.13. The summed E-state index contributed by atoms with van der Waals surface area (Å²) in [6.45, 7) is 6.33. The van der Waals surface area contributed by atoms with E-state index in [0.717, 1.165) is 36.3 Å². The number of nitrogens with two attached hydrogens (primary N) is 1. The summed E-state index contributed by atoms with van der Waals surface area (Å²) in [5.41, 5.74) is 7.74. The number of anilines is 1. The zero-order chi connectivity index (χ0) is 20.9. The van der Waals surface area contributed by atoms with E-state index in [-0.39, 0.29) is 11.7 Å². The number of carbonyl (C=O) groups is 1. The minimum absolute atomic E-state index is 0.115. The van der Waals surface area contributed by atoms with E-state index in [1.54, 1.807) is 6.07 Å². The smallest absolute Gasteiger partial charge is 0.405 e. The first kappa shape index (κ1) is 21.1. The van der Waals surface area contributed by atoms with E-state index in [1.807, 2.05) is 50.2 Å². The van der Waals surface area contributed by atoms with E-state index in [2.05, 4.69) is 4.90 Å². The van der Waals surface area contributed by atoms with Crippen LogP contribution in [0, 0.1) is 11.7 Å². The van der Waals surface area contributed by atoms with Crippen molar-refractivity contribution in [2.75, 3.05) is 24.6 Å². The summed E-state index contributed by atoms with van der Waals surface area (Å²) in [4.78, 5) is 13.5. The summed E-state index contributed by atoms with van der Waals surface area (Å²) in [5.74, 6) is -0.0894. The van der Waals surface area contributed by atoms with Crippen LogP contribution >= 0.6 is 0 Å². The van der Waals surface area contributed by atoms with Gasteiger partial charge in [0.25, 0.3) is 0 Å². The van der Waals surface area contributed by atoms with Gasteiger partial charge < -0.3 is 20.1 Å². The number of rotatable bonds is 9. The molecule has 1 aliphatic heterocycles.